The van der Waals surface area contributed by atoms with E-state index in [2.05, 4.69) is 9.89 Å². The van der Waals surface area contributed by atoms with E-state index in [1.54, 1.807) is 7.11 Å². The van der Waals surface area contributed by atoms with Gasteiger partial charge in [0.1, 0.15) is 5.75 Å². The van der Waals surface area contributed by atoms with Gasteiger partial charge in [-0.25, -0.2) is 0 Å². The van der Waals surface area contributed by atoms with Crippen molar-refractivity contribution in [2.45, 2.75) is 0 Å². The molecule has 2 aromatic rings. The Balaban J connectivity index is 1.66. The molecule has 25 heavy (non-hydrogen) atoms. The Bertz CT molecular complexity index is 885. The van der Waals surface area contributed by atoms with E-state index in [1.165, 1.54) is 11.8 Å². The van der Waals surface area contributed by atoms with Gasteiger partial charge in [0.2, 0.25) is 0 Å². The number of aliphatic imine (C=N–C) groups is 1. The molecule has 2 aliphatic heterocycles. The quantitative estimate of drug-likeness (QED) is 0.776. The van der Waals surface area contributed by atoms with Gasteiger partial charge in [-0.2, -0.15) is 4.99 Å². The number of amides is 1. The molecule has 0 saturated carbocycles. The van der Waals surface area contributed by atoms with Crippen LogP contribution in [0.5, 0.6) is 5.75 Å². The zero-order chi connectivity index (χ0) is 17.2. The number of hydrogen-bond acceptors (Lipinski definition) is 5. The lowest BCUT2D eigenvalue weighted by atomic mass is 10.0. The van der Waals surface area contributed by atoms with Gasteiger partial charge in [-0.05, 0) is 34.9 Å². The van der Waals surface area contributed by atoms with Crippen LogP contribution in [-0.2, 0) is 9.53 Å². The number of morpholine rings is 1. The van der Waals surface area contributed by atoms with Crippen LogP contribution < -0.4 is 4.74 Å². The Morgan fingerprint density at radius 3 is 2.68 bits per heavy atom. The smallest absolute Gasteiger partial charge is 0.286 e. The van der Waals surface area contributed by atoms with Crippen LogP contribution in [-0.4, -0.2) is 49.4 Å². The molecule has 0 atom stereocenters. The van der Waals surface area contributed by atoms with Crippen molar-refractivity contribution >= 4 is 39.7 Å². The average molecular weight is 354 g/mol. The number of fused-ring (bicyclic) bond motifs is 1. The largest absolute Gasteiger partial charge is 0.496 e. The summed E-state index contributed by atoms with van der Waals surface area (Å²) >= 11 is 1.44. The molecule has 128 valence electrons. The number of ether oxygens (including phenoxy) is 2. The van der Waals surface area contributed by atoms with Crippen LogP contribution in [0.1, 0.15) is 5.56 Å². The third kappa shape index (κ3) is 3.15. The highest BCUT2D eigenvalue weighted by Crippen LogP contribution is 2.34. The van der Waals surface area contributed by atoms with E-state index in [0.717, 1.165) is 40.3 Å². The predicted molar refractivity (Wildman–Crippen MR) is 101 cm³/mol. The molecule has 1 fully saturated rings. The van der Waals surface area contributed by atoms with E-state index < -0.39 is 0 Å². The van der Waals surface area contributed by atoms with Crippen LogP contribution in [0.15, 0.2) is 46.3 Å². The summed E-state index contributed by atoms with van der Waals surface area (Å²) in [5.41, 5.74) is 0.991. The van der Waals surface area contributed by atoms with Crippen molar-refractivity contribution in [2.75, 3.05) is 33.4 Å². The number of methoxy groups -OCH3 is 1. The van der Waals surface area contributed by atoms with Crippen molar-refractivity contribution in [1.29, 1.82) is 0 Å². The zero-order valence-electron chi connectivity index (χ0n) is 13.9. The van der Waals surface area contributed by atoms with Gasteiger partial charge < -0.3 is 14.4 Å². The highest BCUT2D eigenvalue weighted by atomic mass is 32.2. The maximum atomic E-state index is 12.3. The Hall–Kier alpha value is -2.31. The lowest BCUT2D eigenvalue weighted by molar-refractivity contribution is -0.113. The van der Waals surface area contributed by atoms with Crippen molar-refractivity contribution < 1.29 is 14.3 Å². The van der Waals surface area contributed by atoms with Crippen LogP contribution in [0.4, 0.5) is 0 Å². The first-order chi connectivity index (χ1) is 12.3. The van der Waals surface area contributed by atoms with Crippen LogP contribution in [0.3, 0.4) is 0 Å². The van der Waals surface area contributed by atoms with Gasteiger partial charge >= 0.3 is 0 Å². The SMILES string of the molecule is COc1ccc(C=C2SC(N3CCOCC3)=NC2=O)c2ccccc12. The lowest BCUT2D eigenvalue weighted by Crippen LogP contribution is -2.38. The van der Waals surface area contributed by atoms with Crippen LogP contribution >= 0.6 is 11.8 Å². The number of hydrogen-bond donors (Lipinski definition) is 0. The fourth-order valence-corrected chi connectivity index (χ4v) is 3.98. The molecule has 0 unspecified atom stereocenters. The number of rotatable bonds is 2. The number of benzene rings is 2. The third-order valence-corrected chi connectivity index (χ3v) is 5.36. The van der Waals surface area contributed by atoms with Crippen LogP contribution in [0.25, 0.3) is 16.8 Å². The maximum absolute atomic E-state index is 12.3. The van der Waals surface area contributed by atoms with Gasteiger partial charge in [0.05, 0.1) is 25.2 Å². The number of carbonyl (C=O) groups excluding carboxylic acids is 1. The summed E-state index contributed by atoms with van der Waals surface area (Å²) in [6, 6.07) is 11.9. The highest BCUT2D eigenvalue weighted by molar-refractivity contribution is 8.18. The first-order valence-electron chi connectivity index (χ1n) is 8.17. The second-order valence-electron chi connectivity index (χ2n) is 5.81. The van der Waals surface area contributed by atoms with E-state index in [0.29, 0.717) is 18.1 Å². The van der Waals surface area contributed by atoms with E-state index in [-0.39, 0.29) is 5.91 Å². The normalized spacial score (nSPS) is 19.6. The third-order valence-electron chi connectivity index (χ3n) is 4.32. The van der Waals surface area contributed by atoms with Crippen molar-refractivity contribution in [3.8, 4) is 5.75 Å². The standard InChI is InChI=1S/C19H18N2O3S/c1-23-16-7-6-13(14-4-2-3-5-15(14)16)12-17-18(22)20-19(25-17)21-8-10-24-11-9-21/h2-7,12H,8-11H2,1H3. The number of amidine groups is 1. The molecule has 1 saturated heterocycles. The van der Waals surface area contributed by atoms with Gasteiger partial charge in [-0.3, -0.25) is 4.79 Å². The highest BCUT2D eigenvalue weighted by Gasteiger charge is 2.27. The molecule has 2 heterocycles. The van der Waals surface area contributed by atoms with Crippen molar-refractivity contribution in [1.82, 2.24) is 4.90 Å². The predicted octanol–water partition coefficient (Wildman–Crippen LogP) is 3.15. The van der Waals surface area contributed by atoms with Gasteiger partial charge in [0.15, 0.2) is 5.17 Å². The van der Waals surface area contributed by atoms with E-state index in [4.69, 9.17) is 9.47 Å². The van der Waals surface area contributed by atoms with Gasteiger partial charge in [-0.1, -0.05) is 30.3 Å². The number of nitrogens with zero attached hydrogens (tertiary/aromatic N) is 2. The molecule has 5 nitrogen and oxygen atoms in total. The summed E-state index contributed by atoms with van der Waals surface area (Å²) in [6.07, 6.45) is 1.92. The average Bonchev–Trinajstić information content (AvgIpc) is 3.03. The summed E-state index contributed by atoms with van der Waals surface area (Å²) in [7, 11) is 1.67. The molecule has 0 aliphatic carbocycles. The Morgan fingerprint density at radius 2 is 1.92 bits per heavy atom. The minimum atomic E-state index is -0.175. The Labute approximate surface area is 150 Å². The van der Waals surface area contributed by atoms with Gasteiger partial charge in [-0.15, -0.1) is 0 Å². The van der Waals surface area contributed by atoms with Crippen molar-refractivity contribution in [2.24, 2.45) is 4.99 Å². The van der Waals surface area contributed by atoms with Crippen LogP contribution in [0.2, 0.25) is 0 Å². The molecule has 0 bridgehead atoms. The molecular weight excluding hydrogens is 336 g/mol. The number of carbonyl (C=O) groups is 1. The molecule has 0 radical (unpaired) electrons. The summed E-state index contributed by atoms with van der Waals surface area (Å²) in [6.45, 7) is 2.90. The van der Waals surface area contributed by atoms with Crippen LogP contribution in [0, 0.1) is 0 Å². The zero-order valence-corrected chi connectivity index (χ0v) is 14.7. The summed E-state index contributed by atoms with van der Waals surface area (Å²) < 4.78 is 10.8. The van der Waals surface area contributed by atoms with Crippen molar-refractivity contribution in [3.63, 3.8) is 0 Å². The van der Waals surface area contributed by atoms with E-state index >= 15 is 0 Å². The molecule has 2 aliphatic rings. The molecule has 0 aromatic heterocycles. The van der Waals surface area contributed by atoms with Crippen molar-refractivity contribution in [3.05, 3.63) is 46.9 Å². The molecule has 6 heteroatoms. The minimum absolute atomic E-state index is 0.175. The Morgan fingerprint density at radius 1 is 1.16 bits per heavy atom. The second-order valence-corrected chi connectivity index (χ2v) is 6.82. The monoisotopic (exact) mass is 354 g/mol. The molecule has 0 spiro atoms. The molecule has 0 N–H and O–H groups in total. The number of thioether (sulfide) groups is 1. The summed E-state index contributed by atoms with van der Waals surface area (Å²) in [4.78, 5) is 19.3. The topological polar surface area (TPSA) is 51.1 Å². The Kier molecular flexibility index (Phi) is 4.46. The minimum Gasteiger partial charge on any atom is -0.496 e. The summed E-state index contributed by atoms with van der Waals surface area (Å²) in [5, 5.41) is 2.86. The molecule has 4 rings (SSSR count). The summed E-state index contributed by atoms with van der Waals surface area (Å²) in [5.74, 6) is 0.653. The first kappa shape index (κ1) is 16.2. The maximum Gasteiger partial charge on any atom is 0.286 e. The lowest BCUT2D eigenvalue weighted by Gasteiger charge is -2.27. The van der Waals surface area contributed by atoms with E-state index in [1.807, 2.05) is 42.5 Å². The van der Waals surface area contributed by atoms with Gasteiger partial charge in [0, 0.05) is 18.5 Å². The second kappa shape index (κ2) is 6.90. The van der Waals surface area contributed by atoms with Gasteiger partial charge in [0.25, 0.3) is 5.91 Å². The first-order valence-corrected chi connectivity index (χ1v) is 8.99. The molecule has 2 aromatic carbocycles. The molecular formula is C19H18N2O3S. The van der Waals surface area contributed by atoms with E-state index in [9.17, 15) is 4.79 Å². The fourth-order valence-electron chi connectivity index (χ4n) is 3.03. The fraction of sp³-hybridized carbons (Fsp3) is 0.263. The molecule has 1 amide bonds.